The number of carbonyl (C=O) groups is 1. The Bertz CT molecular complexity index is 1090. The highest BCUT2D eigenvalue weighted by molar-refractivity contribution is 5.94. The van der Waals surface area contributed by atoms with Crippen molar-refractivity contribution in [3.05, 3.63) is 71.9 Å². The van der Waals surface area contributed by atoms with Gasteiger partial charge in [0.05, 0.1) is 17.7 Å². The Kier molecular flexibility index (Phi) is 4.66. The minimum atomic E-state index is -0.419. The van der Waals surface area contributed by atoms with Crippen molar-refractivity contribution in [2.45, 2.75) is 31.6 Å². The third-order valence-electron chi connectivity index (χ3n) is 5.82. The third-order valence-corrected chi connectivity index (χ3v) is 5.82. The highest BCUT2D eigenvalue weighted by Crippen LogP contribution is 2.51. The number of nitrogens with zero attached hydrogens (tertiary/aromatic N) is 1. The summed E-state index contributed by atoms with van der Waals surface area (Å²) in [5.74, 6) is 2.51. The number of Topliss-reactive ketones (excluding diaryl/α,β-unsaturated/α-hetero) is 1. The van der Waals surface area contributed by atoms with E-state index in [0.29, 0.717) is 13.0 Å². The molecule has 1 saturated carbocycles. The van der Waals surface area contributed by atoms with E-state index >= 15 is 0 Å². The van der Waals surface area contributed by atoms with E-state index in [1.165, 1.54) is 0 Å². The van der Waals surface area contributed by atoms with Gasteiger partial charge in [0.1, 0.15) is 11.5 Å². The molecule has 0 spiro atoms. The number of pyridine rings is 1. The molecule has 1 aliphatic carbocycles. The van der Waals surface area contributed by atoms with Crippen LogP contribution >= 0.6 is 0 Å². The van der Waals surface area contributed by atoms with Crippen molar-refractivity contribution in [2.24, 2.45) is 0 Å². The Labute approximate surface area is 175 Å². The maximum absolute atomic E-state index is 13.2. The fraction of sp³-hybridized carbons (Fsp3) is 0.280. The molecule has 0 atom stereocenters. The summed E-state index contributed by atoms with van der Waals surface area (Å²) in [6, 6.07) is 19.6. The van der Waals surface area contributed by atoms with Crippen LogP contribution in [0.15, 0.2) is 60.7 Å². The molecule has 30 heavy (non-hydrogen) atoms. The van der Waals surface area contributed by atoms with Crippen molar-refractivity contribution in [3.63, 3.8) is 0 Å². The molecule has 0 amide bonds. The maximum atomic E-state index is 13.2. The predicted octanol–water partition coefficient (Wildman–Crippen LogP) is 4.72. The number of rotatable bonds is 7. The zero-order valence-electron chi connectivity index (χ0n) is 16.9. The highest BCUT2D eigenvalue weighted by Gasteiger charge is 2.50. The zero-order chi connectivity index (χ0) is 20.6. The monoisotopic (exact) mass is 401 g/mol. The minimum absolute atomic E-state index is 0.206. The van der Waals surface area contributed by atoms with E-state index in [9.17, 15) is 4.79 Å². The topological polar surface area (TPSA) is 57.7 Å². The van der Waals surface area contributed by atoms with Crippen LogP contribution < -0.4 is 14.2 Å². The lowest BCUT2D eigenvalue weighted by Gasteiger charge is -2.15. The average molecular weight is 401 g/mol. The lowest BCUT2D eigenvalue weighted by molar-refractivity contribution is -0.120. The summed E-state index contributed by atoms with van der Waals surface area (Å²) in [5, 5.41) is 0. The molecule has 3 aromatic rings. The Morgan fingerprint density at radius 3 is 2.60 bits per heavy atom. The molecule has 5 rings (SSSR count). The molecule has 5 heteroatoms. The van der Waals surface area contributed by atoms with Crippen LogP contribution in [0.4, 0.5) is 0 Å². The van der Waals surface area contributed by atoms with E-state index in [1.807, 2.05) is 67.6 Å². The summed E-state index contributed by atoms with van der Waals surface area (Å²) in [5.41, 5.74) is 3.25. The molecule has 152 valence electrons. The van der Waals surface area contributed by atoms with E-state index in [-0.39, 0.29) is 12.6 Å². The normalized spacial score (nSPS) is 15.6. The summed E-state index contributed by atoms with van der Waals surface area (Å²) >= 11 is 0. The van der Waals surface area contributed by atoms with Gasteiger partial charge in [-0.25, -0.2) is 0 Å². The van der Waals surface area contributed by atoms with Gasteiger partial charge in [0, 0.05) is 17.7 Å². The van der Waals surface area contributed by atoms with Crippen molar-refractivity contribution < 1.29 is 19.0 Å². The van der Waals surface area contributed by atoms with E-state index in [0.717, 1.165) is 52.6 Å². The summed E-state index contributed by atoms with van der Waals surface area (Å²) in [6.07, 6.45) is 2.05. The lowest BCUT2D eigenvalue weighted by atomic mass is 9.88. The first-order chi connectivity index (χ1) is 14.7. The smallest absolute Gasteiger partial charge is 0.231 e. The first-order valence-corrected chi connectivity index (χ1v) is 10.3. The Morgan fingerprint density at radius 2 is 1.83 bits per heavy atom. The van der Waals surface area contributed by atoms with Gasteiger partial charge in [0.15, 0.2) is 11.5 Å². The Morgan fingerprint density at radius 1 is 1.03 bits per heavy atom. The number of hydrogen-bond donors (Lipinski definition) is 0. The van der Waals surface area contributed by atoms with Crippen molar-refractivity contribution in [2.75, 3.05) is 13.4 Å². The first kappa shape index (κ1) is 18.7. The van der Waals surface area contributed by atoms with Gasteiger partial charge in [-0.05, 0) is 73.9 Å². The largest absolute Gasteiger partial charge is 0.494 e. The Balaban J connectivity index is 1.34. The van der Waals surface area contributed by atoms with Crippen LogP contribution in [0.3, 0.4) is 0 Å². The van der Waals surface area contributed by atoms with E-state index in [2.05, 4.69) is 0 Å². The summed E-state index contributed by atoms with van der Waals surface area (Å²) < 4.78 is 16.4. The fourth-order valence-corrected chi connectivity index (χ4v) is 4.01. The average Bonchev–Trinajstić information content (AvgIpc) is 3.46. The molecule has 1 aromatic heterocycles. The summed E-state index contributed by atoms with van der Waals surface area (Å²) in [4.78, 5) is 18.0. The van der Waals surface area contributed by atoms with E-state index < -0.39 is 5.41 Å². The van der Waals surface area contributed by atoms with E-state index in [4.69, 9.17) is 19.2 Å². The number of ketones is 1. The predicted molar refractivity (Wildman–Crippen MR) is 113 cm³/mol. The molecule has 5 nitrogen and oxygen atoms in total. The fourth-order valence-electron chi connectivity index (χ4n) is 4.01. The van der Waals surface area contributed by atoms with Gasteiger partial charge in [0.25, 0.3) is 0 Å². The molecule has 2 aliphatic rings. The van der Waals surface area contributed by atoms with Crippen LogP contribution in [0, 0.1) is 0 Å². The molecular weight excluding hydrogens is 378 g/mol. The van der Waals surface area contributed by atoms with Gasteiger partial charge in [-0.1, -0.05) is 12.1 Å². The van der Waals surface area contributed by atoms with Crippen LogP contribution in [0.25, 0.3) is 11.3 Å². The second-order valence-corrected chi connectivity index (χ2v) is 7.72. The van der Waals surface area contributed by atoms with Crippen LogP contribution in [0.2, 0.25) is 0 Å². The standard InChI is InChI=1S/C25H23NO4/c1-2-28-20-9-6-17(7-10-20)21-5-3-4-19(26-21)15-24(27)25(12-13-25)18-8-11-22-23(14-18)30-16-29-22/h3-11,14H,2,12-13,15-16H2,1H3. The first-order valence-electron chi connectivity index (χ1n) is 10.3. The van der Waals surface area contributed by atoms with Crippen LogP contribution in [-0.4, -0.2) is 24.2 Å². The quantitative estimate of drug-likeness (QED) is 0.573. The van der Waals surface area contributed by atoms with Gasteiger partial charge in [-0.2, -0.15) is 0 Å². The van der Waals surface area contributed by atoms with Gasteiger partial charge in [0.2, 0.25) is 6.79 Å². The van der Waals surface area contributed by atoms with Gasteiger partial charge >= 0.3 is 0 Å². The molecule has 0 bridgehead atoms. The Hall–Kier alpha value is -3.34. The van der Waals surface area contributed by atoms with E-state index in [1.54, 1.807) is 0 Å². The number of hydrogen-bond acceptors (Lipinski definition) is 5. The maximum Gasteiger partial charge on any atom is 0.231 e. The molecule has 1 fully saturated rings. The van der Waals surface area contributed by atoms with Crippen molar-refractivity contribution in [1.82, 2.24) is 4.98 Å². The molecular formula is C25H23NO4. The van der Waals surface area contributed by atoms with Gasteiger partial charge in [-0.3, -0.25) is 9.78 Å². The summed E-state index contributed by atoms with van der Waals surface area (Å²) in [6.45, 7) is 2.84. The van der Waals surface area contributed by atoms with Crippen LogP contribution in [0.5, 0.6) is 17.2 Å². The number of aromatic nitrogens is 1. The minimum Gasteiger partial charge on any atom is -0.494 e. The third kappa shape index (κ3) is 3.41. The molecule has 0 N–H and O–H groups in total. The molecule has 1 aliphatic heterocycles. The molecule has 2 aromatic carbocycles. The van der Waals surface area contributed by atoms with Gasteiger partial charge < -0.3 is 14.2 Å². The van der Waals surface area contributed by atoms with Crippen LogP contribution in [-0.2, 0) is 16.6 Å². The second kappa shape index (κ2) is 7.48. The molecule has 0 saturated heterocycles. The van der Waals surface area contributed by atoms with Crippen LogP contribution in [0.1, 0.15) is 31.0 Å². The van der Waals surface area contributed by atoms with Crippen molar-refractivity contribution in [1.29, 1.82) is 0 Å². The van der Waals surface area contributed by atoms with Crippen molar-refractivity contribution >= 4 is 5.78 Å². The zero-order valence-corrected chi connectivity index (χ0v) is 16.9. The number of carbonyl (C=O) groups excluding carboxylic acids is 1. The second-order valence-electron chi connectivity index (χ2n) is 7.72. The lowest BCUT2D eigenvalue weighted by Crippen LogP contribution is -2.23. The number of fused-ring (bicyclic) bond motifs is 1. The van der Waals surface area contributed by atoms with Crippen molar-refractivity contribution in [3.8, 4) is 28.5 Å². The summed E-state index contributed by atoms with van der Waals surface area (Å²) in [7, 11) is 0. The number of ether oxygens (including phenoxy) is 3. The molecule has 2 heterocycles. The SMILES string of the molecule is CCOc1ccc(-c2cccc(CC(=O)C3(c4ccc5c(c4)OCO5)CC3)n2)cc1. The molecule has 0 unspecified atom stereocenters. The highest BCUT2D eigenvalue weighted by atomic mass is 16.7. The number of benzene rings is 2. The molecule has 0 radical (unpaired) electrons. The van der Waals surface area contributed by atoms with Gasteiger partial charge in [-0.15, -0.1) is 0 Å².